The van der Waals surface area contributed by atoms with Crippen molar-refractivity contribution in [1.82, 2.24) is 5.43 Å². The van der Waals surface area contributed by atoms with E-state index in [4.69, 9.17) is 0 Å². The Hall–Kier alpha value is -3.98. The van der Waals surface area contributed by atoms with E-state index in [0.29, 0.717) is 16.8 Å². The predicted molar refractivity (Wildman–Crippen MR) is 121 cm³/mol. The van der Waals surface area contributed by atoms with E-state index in [2.05, 4.69) is 10.5 Å². The van der Waals surface area contributed by atoms with Crippen molar-refractivity contribution in [3.8, 4) is 0 Å². The molecule has 2 N–H and O–H groups in total. The van der Waals surface area contributed by atoms with Crippen molar-refractivity contribution in [3.05, 3.63) is 95.6 Å². The zero-order valence-corrected chi connectivity index (χ0v) is 18.0. The Labute approximate surface area is 185 Å². The zero-order chi connectivity index (χ0) is 23.1. The van der Waals surface area contributed by atoms with E-state index in [1.54, 1.807) is 67.6 Å². The highest BCUT2D eigenvalue weighted by Crippen LogP contribution is 2.26. The number of carbonyl (C=O) groups excluding carboxylic acids is 1. The van der Waals surface area contributed by atoms with Gasteiger partial charge in [0, 0.05) is 5.56 Å². The molecule has 0 fully saturated rings. The molecule has 164 valence electrons. The zero-order valence-electron chi connectivity index (χ0n) is 17.2. The van der Waals surface area contributed by atoms with Crippen molar-refractivity contribution in [3.63, 3.8) is 0 Å². The summed E-state index contributed by atoms with van der Waals surface area (Å²) in [5.41, 5.74) is 3.64. The lowest BCUT2D eigenvalue weighted by Crippen LogP contribution is -2.40. The molecule has 0 spiro atoms. The molecule has 1 amide bonds. The minimum Gasteiger partial charge on any atom is -0.478 e. The summed E-state index contributed by atoms with van der Waals surface area (Å²) in [5, 5.41) is 13.0. The van der Waals surface area contributed by atoms with E-state index >= 15 is 0 Å². The molecule has 32 heavy (non-hydrogen) atoms. The van der Waals surface area contributed by atoms with Gasteiger partial charge in [-0.1, -0.05) is 54.6 Å². The van der Waals surface area contributed by atoms with E-state index in [-0.39, 0.29) is 10.5 Å². The van der Waals surface area contributed by atoms with Crippen molar-refractivity contribution < 1.29 is 23.1 Å². The lowest BCUT2D eigenvalue weighted by atomic mass is 10.1. The normalized spacial score (nSPS) is 11.3. The van der Waals surface area contributed by atoms with Crippen molar-refractivity contribution in [1.29, 1.82) is 0 Å². The Kier molecular flexibility index (Phi) is 7.01. The van der Waals surface area contributed by atoms with E-state index in [0.717, 1.165) is 4.31 Å². The third-order valence-electron chi connectivity index (χ3n) is 4.59. The molecule has 0 unspecified atom stereocenters. The van der Waals surface area contributed by atoms with Crippen LogP contribution in [0, 0.1) is 6.92 Å². The molecule has 0 radical (unpaired) electrons. The van der Waals surface area contributed by atoms with Crippen LogP contribution in [0.2, 0.25) is 0 Å². The second-order valence-corrected chi connectivity index (χ2v) is 8.66. The number of rotatable bonds is 8. The molecule has 0 aromatic heterocycles. The van der Waals surface area contributed by atoms with Crippen LogP contribution in [-0.2, 0) is 14.8 Å². The lowest BCUT2D eigenvalue weighted by Gasteiger charge is -2.25. The number of carboxylic acid groups (broad SMARTS) is 1. The standard InChI is InChI=1S/C23H21N3O5S/c1-17-9-5-8-14-21(17)26(32(30,31)19-11-3-2-4-12-19)16-22(27)25-24-15-18-10-6-7-13-20(18)23(28)29/h2-15H,16H2,1H3,(H,25,27)(H,28,29)/b24-15+. The van der Waals surface area contributed by atoms with E-state index in [9.17, 15) is 23.1 Å². The summed E-state index contributed by atoms with van der Waals surface area (Å²) in [6.07, 6.45) is 1.20. The third kappa shape index (κ3) is 5.19. The molecular formula is C23H21N3O5S. The van der Waals surface area contributed by atoms with Crippen LogP contribution in [0.3, 0.4) is 0 Å². The second kappa shape index (κ2) is 9.88. The SMILES string of the molecule is Cc1ccccc1N(CC(=O)N/N=C/c1ccccc1C(=O)O)S(=O)(=O)c1ccccc1. The van der Waals surface area contributed by atoms with Gasteiger partial charge < -0.3 is 5.11 Å². The Bertz CT molecular complexity index is 1260. The van der Waals surface area contributed by atoms with Gasteiger partial charge in [0.2, 0.25) is 0 Å². The van der Waals surface area contributed by atoms with Crippen LogP contribution in [0.15, 0.2) is 88.9 Å². The number of sulfonamides is 1. The highest BCUT2D eigenvalue weighted by Gasteiger charge is 2.28. The number of carboxylic acids is 1. The maximum Gasteiger partial charge on any atom is 0.336 e. The lowest BCUT2D eigenvalue weighted by molar-refractivity contribution is -0.119. The first kappa shape index (κ1) is 22.7. The van der Waals surface area contributed by atoms with E-state index in [1.165, 1.54) is 24.4 Å². The fourth-order valence-corrected chi connectivity index (χ4v) is 4.51. The summed E-state index contributed by atoms with van der Waals surface area (Å²) < 4.78 is 27.6. The summed E-state index contributed by atoms with van der Waals surface area (Å²) in [6, 6.07) is 20.8. The molecule has 9 heteroatoms. The topological polar surface area (TPSA) is 116 Å². The Morgan fingerprint density at radius 2 is 1.59 bits per heavy atom. The Balaban J connectivity index is 1.85. The molecule has 0 heterocycles. The average molecular weight is 452 g/mol. The average Bonchev–Trinajstić information content (AvgIpc) is 2.79. The van der Waals surface area contributed by atoms with Crippen LogP contribution in [0.4, 0.5) is 5.69 Å². The quantitative estimate of drug-likeness (QED) is 0.403. The number of hydrogen-bond acceptors (Lipinski definition) is 5. The maximum atomic E-state index is 13.3. The Morgan fingerprint density at radius 1 is 0.969 bits per heavy atom. The van der Waals surface area contributed by atoms with Gasteiger partial charge in [0.1, 0.15) is 6.54 Å². The van der Waals surface area contributed by atoms with Gasteiger partial charge in [-0.15, -0.1) is 0 Å². The summed E-state index contributed by atoms with van der Waals surface area (Å²) in [6.45, 7) is 1.24. The number of para-hydroxylation sites is 1. The van der Waals surface area contributed by atoms with Crippen LogP contribution in [-0.4, -0.2) is 38.2 Å². The number of hydrogen-bond donors (Lipinski definition) is 2. The van der Waals surface area contributed by atoms with Gasteiger partial charge in [-0.2, -0.15) is 5.10 Å². The van der Waals surface area contributed by atoms with Gasteiger partial charge in [-0.25, -0.2) is 18.6 Å². The molecule has 0 aliphatic rings. The minimum atomic E-state index is -4.02. The molecule has 8 nitrogen and oxygen atoms in total. The predicted octanol–water partition coefficient (Wildman–Crippen LogP) is 3.04. The maximum absolute atomic E-state index is 13.3. The largest absolute Gasteiger partial charge is 0.478 e. The van der Waals surface area contributed by atoms with E-state index < -0.39 is 28.4 Å². The van der Waals surface area contributed by atoms with Gasteiger partial charge in [0.15, 0.2) is 0 Å². The summed E-state index contributed by atoms with van der Waals surface area (Å²) in [7, 11) is -4.02. The van der Waals surface area contributed by atoms with Crippen LogP contribution in [0.1, 0.15) is 21.5 Å². The first-order chi connectivity index (χ1) is 15.3. The number of carbonyl (C=O) groups is 2. The number of nitrogens with zero attached hydrogens (tertiary/aromatic N) is 2. The number of nitrogens with one attached hydrogen (secondary N) is 1. The molecule has 0 aliphatic heterocycles. The van der Waals surface area contributed by atoms with Crippen LogP contribution < -0.4 is 9.73 Å². The molecular weight excluding hydrogens is 430 g/mol. The minimum absolute atomic E-state index is 0.0266. The van der Waals surface area contributed by atoms with Crippen LogP contribution >= 0.6 is 0 Å². The number of amides is 1. The number of aryl methyl sites for hydroxylation is 1. The fourth-order valence-electron chi connectivity index (χ4n) is 3.01. The summed E-state index contributed by atoms with van der Waals surface area (Å²) >= 11 is 0. The monoisotopic (exact) mass is 451 g/mol. The van der Waals surface area contributed by atoms with Gasteiger partial charge in [-0.3, -0.25) is 9.10 Å². The summed E-state index contributed by atoms with van der Waals surface area (Å²) in [4.78, 5) is 23.9. The van der Waals surface area contributed by atoms with Gasteiger partial charge in [0.05, 0.1) is 22.4 Å². The van der Waals surface area contributed by atoms with E-state index in [1.807, 2.05) is 0 Å². The second-order valence-electron chi connectivity index (χ2n) is 6.80. The van der Waals surface area contributed by atoms with Crippen molar-refractivity contribution in [2.24, 2.45) is 5.10 Å². The smallest absolute Gasteiger partial charge is 0.336 e. The number of anilines is 1. The fraction of sp³-hybridized carbons (Fsp3) is 0.0870. The van der Waals surface area contributed by atoms with Crippen molar-refractivity contribution >= 4 is 33.8 Å². The highest BCUT2D eigenvalue weighted by molar-refractivity contribution is 7.92. The number of hydrazone groups is 1. The first-order valence-electron chi connectivity index (χ1n) is 9.58. The number of benzene rings is 3. The molecule has 0 aliphatic carbocycles. The van der Waals surface area contributed by atoms with Crippen molar-refractivity contribution in [2.75, 3.05) is 10.8 Å². The first-order valence-corrected chi connectivity index (χ1v) is 11.0. The van der Waals surface area contributed by atoms with Crippen LogP contribution in [0.25, 0.3) is 0 Å². The number of aromatic carboxylic acids is 1. The molecule has 0 saturated carbocycles. The highest BCUT2D eigenvalue weighted by atomic mass is 32.2. The third-order valence-corrected chi connectivity index (χ3v) is 6.36. The molecule has 0 bridgehead atoms. The van der Waals surface area contributed by atoms with Gasteiger partial charge >= 0.3 is 5.97 Å². The van der Waals surface area contributed by atoms with Gasteiger partial charge in [0.25, 0.3) is 15.9 Å². The Morgan fingerprint density at radius 3 is 2.28 bits per heavy atom. The van der Waals surface area contributed by atoms with Gasteiger partial charge in [-0.05, 0) is 36.8 Å². The molecule has 3 rings (SSSR count). The molecule has 3 aromatic carbocycles. The molecule has 0 saturated heterocycles. The molecule has 0 atom stereocenters. The summed E-state index contributed by atoms with van der Waals surface area (Å²) in [5.74, 6) is -1.81. The van der Waals surface area contributed by atoms with Crippen molar-refractivity contribution in [2.45, 2.75) is 11.8 Å². The van der Waals surface area contributed by atoms with Crippen LogP contribution in [0.5, 0.6) is 0 Å². The molecule has 3 aromatic rings.